The number of nitrogens with zero attached hydrogens (tertiary/aromatic N) is 7. The third kappa shape index (κ3) is 9.45. The van der Waals surface area contributed by atoms with Gasteiger partial charge in [0.05, 0.1) is 50.0 Å². The number of piperidine rings is 1. The van der Waals surface area contributed by atoms with Gasteiger partial charge < -0.3 is 29.5 Å². The molecule has 8 unspecified atom stereocenters. The molecule has 3 aliphatic heterocycles. The smallest absolute Gasteiger partial charge is 0.253 e. The van der Waals surface area contributed by atoms with Gasteiger partial charge in [0.15, 0.2) is 0 Å². The van der Waals surface area contributed by atoms with Gasteiger partial charge in [-0.05, 0) is 56.3 Å². The summed E-state index contributed by atoms with van der Waals surface area (Å²) in [4.78, 5) is 84.9. The summed E-state index contributed by atoms with van der Waals surface area (Å²) in [5.74, 6) is -1.26. The molecular formula is C39H60N8O8. The molecule has 4 aliphatic rings. The van der Waals surface area contributed by atoms with E-state index in [0.717, 1.165) is 43.4 Å². The highest BCUT2D eigenvalue weighted by molar-refractivity contribution is 6.12. The van der Waals surface area contributed by atoms with Gasteiger partial charge in [-0.25, -0.2) is 0 Å². The molecule has 4 heterocycles. The molecule has 16 heteroatoms. The van der Waals surface area contributed by atoms with Crippen molar-refractivity contribution in [3.63, 3.8) is 0 Å². The molecule has 304 valence electrons. The number of rotatable bonds is 19. The normalized spacial score (nSPS) is 24.2. The first-order valence-corrected chi connectivity index (χ1v) is 19.9. The van der Waals surface area contributed by atoms with E-state index in [-0.39, 0.29) is 85.5 Å². The Bertz CT molecular complexity index is 1580. The number of hydrogen-bond donors (Lipinski definition) is 1. The van der Waals surface area contributed by atoms with Gasteiger partial charge in [-0.1, -0.05) is 39.3 Å². The van der Waals surface area contributed by atoms with Gasteiger partial charge in [0.1, 0.15) is 11.7 Å². The standard InChI is InChI=1S/C39H60N8O8/c1-8-25(4)36(30(54-6)20-34(51)45-18-9-11-29(45)38(55-7)24(2)3)43(5)35(52)21-40-39(53)37-26-13-14-28(19-26)47(37)33(50)12-10-17-44-22-27(41-42-44)23-46-31(48)15-16-32(46)49/h15-16,22,24-26,28-30,36-38H,8-14,17-21,23H2,1-7H3,(H,40,53). The summed E-state index contributed by atoms with van der Waals surface area (Å²) in [6.45, 7) is 9.13. The van der Waals surface area contributed by atoms with Crippen LogP contribution in [0.25, 0.3) is 0 Å². The van der Waals surface area contributed by atoms with E-state index in [0.29, 0.717) is 25.2 Å². The molecule has 1 aromatic heterocycles. The average molecular weight is 769 g/mol. The number of imide groups is 1. The van der Waals surface area contributed by atoms with Crippen molar-refractivity contribution in [1.29, 1.82) is 0 Å². The monoisotopic (exact) mass is 768 g/mol. The van der Waals surface area contributed by atoms with Crippen molar-refractivity contribution in [2.45, 2.75) is 135 Å². The number of hydrogen-bond acceptors (Lipinski definition) is 10. The van der Waals surface area contributed by atoms with Crippen LogP contribution in [0.2, 0.25) is 0 Å². The van der Waals surface area contributed by atoms with E-state index in [9.17, 15) is 28.8 Å². The fraction of sp³-hybridized carbons (Fsp3) is 0.744. The second-order valence-electron chi connectivity index (χ2n) is 16.0. The zero-order valence-corrected chi connectivity index (χ0v) is 33.5. The molecule has 0 radical (unpaired) electrons. The van der Waals surface area contributed by atoms with Crippen LogP contribution in [0.15, 0.2) is 18.3 Å². The van der Waals surface area contributed by atoms with Gasteiger partial charge in [-0.3, -0.25) is 38.3 Å². The van der Waals surface area contributed by atoms with Crippen molar-refractivity contribution in [3.05, 3.63) is 24.0 Å². The van der Waals surface area contributed by atoms with Crippen LogP contribution in [0.5, 0.6) is 0 Å². The van der Waals surface area contributed by atoms with E-state index >= 15 is 0 Å². The summed E-state index contributed by atoms with van der Waals surface area (Å²) in [6.07, 6.45) is 9.25. The number of likely N-dealkylation sites (N-methyl/N-ethyl adjacent to an activating group) is 1. The lowest BCUT2D eigenvalue weighted by molar-refractivity contribution is -0.146. The fourth-order valence-corrected chi connectivity index (χ4v) is 9.22. The van der Waals surface area contributed by atoms with E-state index < -0.39 is 30.0 Å². The van der Waals surface area contributed by atoms with Crippen LogP contribution in [0.4, 0.5) is 0 Å². The Morgan fingerprint density at radius 2 is 1.75 bits per heavy atom. The van der Waals surface area contributed by atoms with Crippen molar-refractivity contribution in [2.75, 3.05) is 34.4 Å². The van der Waals surface area contributed by atoms with Crippen LogP contribution >= 0.6 is 0 Å². The molecule has 0 spiro atoms. The number of fused-ring (bicyclic) bond motifs is 2. The Labute approximate surface area is 324 Å². The van der Waals surface area contributed by atoms with E-state index in [2.05, 4.69) is 29.5 Å². The molecular weight excluding hydrogens is 708 g/mol. The van der Waals surface area contributed by atoms with E-state index in [4.69, 9.17) is 9.47 Å². The quantitative estimate of drug-likeness (QED) is 0.205. The molecule has 6 amide bonds. The third-order valence-electron chi connectivity index (χ3n) is 12.2. The summed E-state index contributed by atoms with van der Waals surface area (Å²) in [5.41, 5.74) is 0.463. The minimum Gasteiger partial charge on any atom is -0.379 e. The predicted molar refractivity (Wildman–Crippen MR) is 201 cm³/mol. The highest BCUT2D eigenvalue weighted by Gasteiger charge is 2.51. The first kappa shape index (κ1) is 42.0. The van der Waals surface area contributed by atoms with Crippen molar-refractivity contribution < 1.29 is 38.2 Å². The molecule has 3 fully saturated rings. The topological polar surface area (TPSA) is 177 Å². The van der Waals surface area contributed by atoms with Gasteiger partial charge >= 0.3 is 0 Å². The van der Waals surface area contributed by atoms with Crippen molar-refractivity contribution in [3.8, 4) is 0 Å². The van der Waals surface area contributed by atoms with Crippen LogP contribution in [-0.2, 0) is 51.3 Å². The highest BCUT2D eigenvalue weighted by Crippen LogP contribution is 2.43. The van der Waals surface area contributed by atoms with E-state index in [1.165, 1.54) is 12.2 Å². The molecule has 55 heavy (non-hydrogen) atoms. The maximum Gasteiger partial charge on any atom is 0.253 e. The van der Waals surface area contributed by atoms with Crippen molar-refractivity contribution in [2.24, 2.45) is 17.8 Å². The molecule has 1 saturated carbocycles. The highest BCUT2D eigenvalue weighted by atomic mass is 16.5. The Balaban J connectivity index is 1.15. The molecule has 16 nitrogen and oxygen atoms in total. The second-order valence-corrected chi connectivity index (χ2v) is 16.0. The average Bonchev–Trinajstić information content (AvgIpc) is 4.02. The second kappa shape index (κ2) is 18.6. The third-order valence-corrected chi connectivity index (χ3v) is 12.2. The largest absolute Gasteiger partial charge is 0.379 e. The van der Waals surface area contributed by atoms with Gasteiger partial charge in [0.2, 0.25) is 23.6 Å². The first-order valence-electron chi connectivity index (χ1n) is 19.9. The van der Waals surface area contributed by atoms with Crippen LogP contribution < -0.4 is 5.32 Å². The Kier molecular flexibility index (Phi) is 14.2. The fourth-order valence-electron chi connectivity index (χ4n) is 9.22. The zero-order valence-electron chi connectivity index (χ0n) is 33.5. The number of ether oxygens (including phenoxy) is 2. The number of aromatic nitrogens is 3. The van der Waals surface area contributed by atoms with Crippen LogP contribution in [-0.4, -0.2) is 141 Å². The Hall–Kier alpha value is -4.18. The number of carbonyl (C=O) groups excluding carboxylic acids is 6. The van der Waals surface area contributed by atoms with Gasteiger partial charge in [0, 0.05) is 59.0 Å². The summed E-state index contributed by atoms with van der Waals surface area (Å²) in [7, 11) is 4.97. The zero-order chi connectivity index (χ0) is 40.0. The molecule has 1 aliphatic carbocycles. The van der Waals surface area contributed by atoms with Crippen molar-refractivity contribution >= 4 is 35.4 Å². The van der Waals surface area contributed by atoms with E-state index in [1.54, 1.807) is 41.9 Å². The van der Waals surface area contributed by atoms with Gasteiger partial charge in [0.25, 0.3) is 11.8 Å². The minimum absolute atomic E-state index is 0.00323. The summed E-state index contributed by atoms with van der Waals surface area (Å²) >= 11 is 0. The predicted octanol–water partition coefficient (Wildman–Crippen LogP) is 1.92. The van der Waals surface area contributed by atoms with Crippen LogP contribution in [0.3, 0.4) is 0 Å². The molecule has 2 saturated heterocycles. The number of amides is 6. The molecule has 0 aromatic carbocycles. The lowest BCUT2D eigenvalue weighted by atomic mass is 9.90. The van der Waals surface area contributed by atoms with Crippen molar-refractivity contribution in [1.82, 2.24) is 39.9 Å². The molecule has 1 aromatic rings. The van der Waals surface area contributed by atoms with Gasteiger partial charge in [-0.2, -0.15) is 0 Å². The molecule has 5 rings (SSSR count). The Morgan fingerprint density at radius 3 is 2.40 bits per heavy atom. The number of aryl methyl sites for hydroxylation is 1. The number of nitrogens with one attached hydrogen (secondary N) is 1. The SMILES string of the molecule is CCC(C)C(C(CC(=O)N1CCCC1C(OC)C(C)C)OC)N(C)C(=O)CNC(=O)C1C2CCC(C2)N1C(=O)CCCn1cc(CN2C(=O)C=CC2=O)nn1. The number of carbonyl (C=O) groups is 6. The first-order chi connectivity index (χ1) is 26.3. The lowest BCUT2D eigenvalue weighted by Crippen LogP contribution is -2.56. The van der Waals surface area contributed by atoms with Gasteiger partial charge in [-0.15, -0.1) is 5.10 Å². The number of likely N-dealkylation sites (tertiary alicyclic amines) is 2. The number of methoxy groups -OCH3 is 2. The molecule has 8 atom stereocenters. The minimum atomic E-state index is -0.642. The molecule has 1 N–H and O–H groups in total. The maximum atomic E-state index is 13.8. The maximum absolute atomic E-state index is 13.8. The summed E-state index contributed by atoms with van der Waals surface area (Å²) in [6, 6.07) is -1.07. The van der Waals surface area contributed by atoms with Crippen LogP contribution in [0.1, 0.15) is 91.2 Å². The summed E-state index contributed by atoms with van der Waals surface area (Å²) in [5, 5.41) is 11.0. The molecule has 2 bridgehead atoms. The van der Waals surface area contributed by atoms with E-state index in [1.807, 2.05) is 18.7 Å². The Morgan fingerprint density at radius 1 is 1.02 bits per heavy atom. The summed E-state index contributed by atoms with van der Waals surface area (Å²) < 4.78 is 13.3. The van der Waals surface area contributed by atoms with Crippen LogP contribution in [0, 0.1) is 17.8 Å². The lowest BCUT2D eigenvalue weighted by Gasteiger charge is -2.39.